The molecule has 1 unspecified atom stereocenters. The first-order valence-corrected chi connectivity index (χ1v) is 4.27. The lowest BCUT2D eigenvalue weighted by atomic mass is 10.0. The lowest BCUT2D eigenvalue weighted by molar-refractivity contribution is -0.123. The van der Waals surface area contributed by atoms with Crippen LogP contribution in [0.2, 0.25) is 5.02 Å². The molecule has 0 bridgehead atoms. The highest BCUT2D eigenvalue weighted by atomic mass is 35.5. The van der Waals surface area contributed by atoms with Crippen LogP contribution in [0.1, 0.15) is 11.6 Å². The number of fused-ring (bicyclic) bond motifs is 1. The summed E-state index contributed by atoms with van der Waals surface area (Å²) in [6, 6.07) is 4.62. The van der Waals surface area contributed by atoms with E-state index in [1.165, 1.54) is 0 Å². The summed E-state index contributed by atoms with van der Waals surface area (Å²) in [5.74, 6) is 0.422. The van der Waals surface area contributed by atoms with Gasteiger partial charge in [-0.25, -0.2) is 0 Å². The zero-order valence-electron chi connectivity index (χ0n) is 6.79. The molecule has 1 aliphatic heterocycles. The van der Waals surface area contributed by atoms with Crippen molar-refractivity contribution in [1.29, 1.82) is 0 Å². The van der Waals surface area contributed by atoms with Crippen LogP contribution in [-0.4, -0.2) is 12.4 Å². The predicted molar refractivity (Wildman–Crippen MR) is 48.9 cm³/mol. The zero-order valence-corrected chi connectivity index (χ0v) is 7.54. The summed E-state index contributed by atoms with van der Waals surface area (Å²) in [4.78, 5) is 11.2. The molecule has 0 radical (unpaired) electrons. The molecule has 2 rings (SSSR count). The molecule has 13 heavy (non-hydrogen) atoms. The minimum absolute atomic E-state index is 0.0118. The van der Waals surface area contributed by atoms with Crippen molar-refractivity contribution in [3.05, 3.63) is 28.8 Å². The molecule has 0 saturated carbocycles. The number of ketones is 1. The number of hydrogen-bond acceptors (Lipinski definition) is 3. The lowest BCUT2D eigenvalue weighted by Gasteiger charge is -2.22. The van der Waals surface area contributed by atoms with Crippen molar-refractivity contribution < 1.29 is 9.53 Å². The standard InChI is InChI=1S/C9H8ClNO2/c10-6-3-1-2-5-8(11)7(12)4-13-9(5)6/h1-3,8H,4,11H2. The molecule has 3 nitrogen and oxygen atoms in total. The Labute approximate surface area is 80.4 Å². The van der Waals surface area contributed by atoms with E-state index in [9.17, 15) is 4.79 Å². The van der Waals surface area contributed by atoms with Crippen molar-refractivity contribution in [3.63, 3.8) is 0 Å². The molecule has 1 aromatic rings. The zero-order chi connectivity index (χ0) is 9.42. The molecular formula is C9H8ClNO2. The summed E-state index contributed by atoms with van der Waals surface area (Å²) in [5.41, 5.74) is 6.34. The number of carbonyl (C=O) groups is 1. The van der Waals surface area contributed by atoms with E-state index < -0.39 is 6.04 Å². The van der Waals surface area contributed by atoms with Gasteiger partial charge >= 0.3 is 0 Å². The van der Waals surface area contributed by atoms with E-state index in [-0.39, 0.29) is 12.4 Å². The fourth-order valence-corrected chi connectivity index (χ4v) is 1.57. The fraction of sp³-hybridized carbons (Fsp3) is 0.222. The van der Waals surface area contributed by atoms with Gasteiger partial charge in [-0.2, -0.15) is 0 Å². The monoisotopic (exact) mass is 197 g/mol. The number of ether oxygens (including phenoxy) is 1. The average molecular weight is 198 g/mol. The molecule has 1 atom stereocenters. The van der Waals surface area contributed by atoms with Gasteiger partial charge in [0.2, 0.25) is 0 Å². The number of Topliss-reactive ketones (excluding diaryl/α,β-unsaturated/α-hetero) is 1. The number of halogens is 1. The van der Waals surface area contributed by atoms with E-state index in [1.807, 2.05) is 0 Å². The van der Waals surface area contributed by atoms with Crippen molar-refractivity contribution in [2.24, 2.45) is 5.73 Å². The van der Waals surface area contributed by atoms with Gasteiger partial charge in [-0.05, 0) is 6.07 Å². The van der Waals surface area contributed by atoms with Crippen LogP contribution >= 0.6 is 11.6 Å². The number of nitrogens with two attached hydrogens (primary N) is 1. The summed E-state index contributed by atoms with van der Waals surface area (Å²) >= 11 is 5.86. The van der Waals surface area contributed by atoms with Crippen LogP contribution < -0.4 is 10.5 Å². The van der Waals surface area contributed by atoms with Crippen LogP contribution in [0.5, 0.6) is 5.75 Å². The van der Waals surface area contributed by atoms with Gasteiger partial charge in [0.15, 0.2) is 5.78 Å². The molecule has 68 valence electrons. The molecule has 0 fully saturated rings. The van der Waals surface area contributed by atoms with E-state index in [1.54, 1.807) is 18.2 Å². The van der Waals surface area contributed by atoms with E-state index in [0.717, 1.165) is 0 Å². The molecule has 0 spiro atoms. The van der Waals surface area contributed by atoms with Crippen LogP contribution in [0.15, 0.2) is 18.2 Å². The van der Waals surface area contributed by atoms with Crippen molar-refractivity contribution in [2.45, 2.75) is 6.04 Å². The minimum Gasteiger partial charge on any atom is -0.484 e. The maximum absolute atomic E-state index is 11.2. The Balaban J connectivity index is 2.55. The second-order valence-electron chi connectivity index (χ2n) is 2.89. The largest absolute Gasteiger partial charge is 0.484 e. The van der Waals surface area contributed by atoms with Crippen molar-refractivity contribution in [1.82, 2.24) is 0 Å². The van der Waals surface area contributed by atoms with Gasteiger partial charge < -0.3 is 10.5 Å². The van der Waals surface area contributed by atoms with Crippen LogP contribution in [0.3, 0.4) is 0 Å². The Morgan fingerprint density at radius 2 is 2.31 bits per heavy atom. The van der Waals surface area contributed by atoms with E-state index in [4.69, 9.17) is 22.1 Å². The van der Waals surface area contributed by atoms with Crippen LogP contribution in [-0.2, 0) is 4.79 Å². The summed E-state index contributed by atoms with van der Waals surface area (Å²) in [6.07, 6.45) is 0. The summed E-state index contributed by atoms with van der Waals surface area (Å²) in [6.45, 7) is 0.0118. The number of benzene rings is 1. The predicted octanol–water partition coefficient (Wildman–Crippen LogP) is 1.30. The third kappa shape index (κ3) is 1.30. The third-order valence-corrected chi connectivity index (χ3v) is 2.34. The smallest absolute Gasteiger partial charge is 0.191 e. The summed E-state index contributed by atoms with van der Waals surface area (Å²) < 4.78 is 5.18. The van der Waals surface area contributed by atoms with Gasteiger partial charge in [0.1, 0.15) is 12.4 Å². The van der Waals surface area contributed by atoms with Gasteiger partial charge in [-0.1, -0.05) is 23.7 Å². The quantitative estimate of drug-likeness (QED) is 0.682. The normalized spacial score (nSPS) is 20.8. The molecular weight excluding hydrogens is 190 g/mol. The van der Waals surface area contributed by atoms with Gasteiger partial charge in [-0.15, -0.1) is 0 Å². The number of rotatable bonds is 0. The van der Waals surface area contributed by atoms with Gasteiger partial charge in [-0.3, -0.25) is 4.79 Å². The summed E-state index contributed by atoms with van der Waals surface area (Å²) in [5, 5.41) is 0.500. The number of carbonyl (C=O) groups excluding carboxylic acids is 1. The molecule has 0 aromatic heterocycles. The Kier molecular flexibility index (Phi) is 1.98. The Hall–Kier alpha value is -1.06. The summed E-state index contributed by atoms with van der Waals surface area (Å²) in [7, 11) is 0. The Morgan fingerprint density at radius 1 is 1.54 bits per heavy atom. The molecule has 1 heterocycles. The number of hydrogen-bond donors (Lipinski definition) is 1. The maximum Gasteiger partial charge on any atom is 0.191 e. The molecule has 0 saturated heterocycles. The molecule has 4 heteroatoms. The molecule has 0 amide bonds. The van der Waals surface area contributed by atoms with Crippen LogP contribution in [0.25, 0.3) is 0 Å². The second-order valence-corrected chi connectivity index (χ2v) is 3.30. The first-order valence-electron chi connectivity index (χ1n) is 3.89. The SMILES string of the molecule is NC1C(=O)COc2c(Cl)cccc21. The fourth-order valence-electron chi connectivity index (χ4n) is 1.33. The van der Waals surface area contributed by atoms with Gasteiger partial charge in [0, 0.05) is 5.56 Å². The molecule has 1 aliphatic rings. The maximum atomic E-state index is 11.2. The molecule has 0 aliphatic carbocycles. The topological polar surface area (TPSA) is 52.3 Å². The van der Waals surface area contributed by atoms with E-state index in [0.29, 0.717) is 16.3 Å². The highest BCUT2D eigenvalue weighted by molar-refractivity contribution is 6.32. The van der Waals surface area contributed by atoms with Gasteiger partial charge in [0.25, 0.3) is 0 Å². The minimum atomic E-state index is -0.595. The third-order valence-electron chi connectivity index (χ3n) is 2.04. The van der Waals surface area contributed by atoms with Crippen LogP contribution in [0.4, 0.5) is 0 Å². The van der Waals surface area contributed by atoms with Gasteiger partial charge in [0.05, 0.1) is 11.1 Å². The first-order chi connectivity index (χ1) is 6.20. The van der Waals surface area contributed by atoms with Crippen molar-refractivity contribution in [2.75, 3.05) is 6.61 Å². The number of para-hydroxylation sites is 1. The second kappa shape index (κ2) is 3.01. The highest BCUT2D eigenvalue weighted by Gasteiger charge is 2.26. The van der Waals surface area contributed by atoms with Crippen molar-refractivity contribution >= 4 is 17.4 Å². The van der Waals surface area contributed by atoms with Crippen LogP contribution in [0, 0.1) is 0 Å². The van der Waals surface area contributed by atoms with E-state index >= 15 is 0 Å². The molecule has 1 aromatic carbocycles. The van der Waals surface area contributed by atoms with Crippen molar-refractivity contribution in [3.8, 4) is 5.75 Å². The lowest BCUT2D eigenvalue weighted by Crippen LogP contribution is -2.31. The highest BCUT2D eigenvalue weighted by Crippen LogP contribution is 2.34. The molecule has 2 N–H and O–H groups in total. The Bertz CT molecular complexity index is 365. The average Bonchev–Trinajstić information content (AvgIpc) is 2.12. The first kappa shape index (κ1) is 8.53. The Morgan fingerprint density at radius 3 is 3.08 bits per heavy atom. The van der Waals surface area contributed by atoms with E-state index in [2.05, 4.69) is 0 Å².